The van der Waals surface area contributed by atoms with Crippen molar-refractivity contribution in [2.75, 3.05) is 13.6 Å². The van der Waals surface area contributed by atoms with Crippen LogP contribution in [0.2, 0.25) is 0 Å². The SMILES string of the molecule is Cc1cc([C@@H]2C[C@H](C(F)(F)F)CCN2C)n(C)n1. The number of alkyl halides is 3. The van der Waals surface area contributed by atoms with Gasteiger partial charge in [0.05, 0.1) is 23.3 Å². The standard InChI is InChI=1S/C12H18F3N3/c1-8-6-11(18(3)16-8)10-7-9(12(13,14)15)4-5-17(10)2/h6,9-10H,4-5,7H2,1-3H3/t9-,10+/m1/s1. The molecule has 0 amide bonds. The fourth-order valence-electron chi connectivity index (χ4n) is 2.67. The van der Waals surface area contributed by atoms with Gasteiger partial charge in [0.1, 0.15) is 0 Å². The molecule has 1 aromatic heterocycles. The van der Waals surface area contributed by atoms with Crippen molar-refractivity contribution in [2.24, 2.45) is 13.0 Å². The number of hydrogen-bond donors (Lipinski definition) is 0. The Labute approximate surface area is 105 Å². The van der Waals surface area contributed by atoms with Gasteiger partial charge in [0.2, 0.25) is 0 Å². The summed E-state index contributed by atoms with van der Waals surface area (Å²) in [5.74, 6) is -1.20. The fraction of sp³-hybridized carbons (Fsp3) is 0.750. The summed E-state index contributed by atoms with van der Waals surface area (Å²) in [7, 11) is 3.66. The third-order valence-electron chi connectivity index (χ3n) is 3.71. The highest BCUT2D eigenvalue weighted by Crippen LogP contribution is 2.41. The summed E-state index contributed by atoms with van der Waals surface area (Å²) in [6, 6.07) is 1.68. The van der Waals surface area contributed by atoms with Crippen molar-refractivity contribution in [2.45, 2.75) is 32.0 Å². The zero-order valence-electron chi connectivity index (χ0n) is 10.8. The van der Waals surface area contributed by atoms with Crippen LogP contribution in [0.1, 0.15) is 30.3 Å². The molecule has 0 saturated carbocycles. The van der Waals surface area contributed by atoms with Gasteiger partial charge in [-0.3, -0.25) is 9.58 Å². The number of piperidine rings is 1. The molecular formula is C12H18F3N3. The van der Waals surface area contributed by atoms with Crippen LogP contribution in [-0.2, 0) is 7.05 Å². The summed E-state index contributed by atoms with van der Waals surface area (Å²) in [4.78, 5) is 1.98. The van der Waals surface area contributed by atoms with Gasteiger partial charge < -0.3 is 0 Å². The molecule has 0 aromatic carbocycles. The van der Waals surface area contributed by atoms with E-state index in [4.69, 9.17) is 0 Å². The van der Waals surface area contributed by atoms with Crippen LogP contribution >= 0.6 is 0 Å². The highest BCUT2D eigenvalue weighted by atomic mass is 19.4. The van der Waals surface area contributed by atoms with Crippen molar-refractivity contribution in [3.63, 3.8) is 0 Å². The van der Waals surface area contributed by atoms with E-state index < -0.39 is 12.1 Å². The minimum Gasteiger partial charge on any atom is -0.298 e. The molecule has 2 atom stereocenters. The summed E-state index contributed by atoms with van der Waals surface area (Å²) in [6.45, 7) is 2.33. The van der Waals surface area contributed by atoms with Crippen LogP contribution in [0, 0.1) is 12.8 Å². The fourth-order valence-corrected chi connectivity index (χ4v) is 2.67. The zero-order chi connectivity index (χ0) is 13.5. The molecule has 0 spiro atoms. The quantitative estimate of drug-likeness (QED) is 0.775. The van der Waals surface area contributed by atoms with E-state index in [-0.39, 0.29) is 18.9 Å². The Morgan fingerprint density at radius 3 is 2.50 bits per heavy atom. The van der Waals surface area contributed by atoms with Gasteiger partial charge in [-0.2, -0.15) is 18.3 Å². The minimum atomic E-state index is -4.09. The molecule has 0 radical (unpaired) electrons. The normalized spacial score (nSPS) is 26.6. The first kappa shape index (κ1) is 13.4. The molecule has 1 aliphatic heterocycles. The molecule has 0 bridgehead atoms. The van der Waals surface area contributed by atoms with Crippen LogP contribution in [0.3, 0.4) is 0 Å². The first-order chi connectivity index (χ1) is 8.29. The Balaban J connectivity index is 2.23. The molecule has 6 heteroatoms. The van der Waals surface area contributed by atoms with E-state index in [1.165, 1.54) is 0 Å². The monoisotopic (exact) mass is 261 g/mol. The highest BCUT2D eigenvalue weighted by Gasteiger charge is 2.44. The second-order valence-corrected chi connectivity index (χ2v) is 5.09. The maximum Gasteiger partial charge on any atom is 0.391 e. The third-order valence-corrected chi connectivity index (χ3v) is 3.71. The van der Waals surface area contributed by atoms with Crippen LogP contribution in [0.5, 0.6) is 0 Å². The smallest absolute Gasteiger partial charge is 0.298 e. The Hall–Kier alpha value is -1.04. The van der Waals surface area contributed by atoms with Crippen molar-refractivity contribution in [3.05, 3.63) is 17.5 Å². The van der Waals surface area contributed by atoms with Gasteiger partial charge >= 0.3 is 6.18 Å². The van der Waals surface area contributed by atoms with Crippen molar-refractivity contribution < 1.29 is 13.2 Å². The number of likely N-dealkylation sites (tertiary alicyclic amines) is 1. The van der Waals surface area contributed by atoms with Gasteiger partial charge in [0.15, 0.2) is 0 Å². The summed E-state index contributed by atoms with van der Waals surface area (Å²) >= 11 is 0. The van der Waals surface area contributed by atoms with Crippen LogP contribution in [-0.4, -0.2) is 34.4 Å². The maximum atomic E-state index is 12.8. The number of rotatable bonds is 1. The molecule has 0 N–H and O–H groups in total. The second-order valence-electron chi connectivity index (χ2n) is 5.09. The summed E-state index contributed by atoms with van der Waals surface area (Å²) in [6.07, 6.45) is -3.78. The zero-order valence-corrected chi connectivity index (χ0v) is 10.8. The molecule has 0 unspecified atom stereocenters. The number of aromatic nitrogens is 2. The Kier molecular flexibility index (Phi) is 3.40. The topological polar surface area (TPSA) is 21.1 Å². The lowest BCUT2D eigenvalue weighted by molar-refractivity contribution is -0.189. The van der Waals surface area contributed by atoms with Crippen molar-refractivity contribution >= 4 is 0 Å². The molecule has 2 heterocycles. The van der Waals surface area contributed by atoms with Crippen LogP contribution in [0.25, 0.3) is 0 Å². The third kappa shape index (κ3) is 2.53. The predicted octanol–water partition coefficient (Wildman–Crippen LogP) is 2.67. The number of halogens is 3. The van der Waals surface area contributed by atoms with Crippen LogP contribution in [0.15, 0.2) is 6.07 Å². The molecule has 1 saturated heterocycles. The average molecular weight is 261 g/mol. The Morgan fingerprint density at radius 1 is 1.33 bits per heavy atom. The van der Waals surface area contributed by atoms with Crippen LogP contribution < -0.4 is 0 Å². The second kappa shape index (κ2) is 4.57. The van der Waals surface area contributed by atoms with Gasteiger partial charge in [-0.1, -0.05) is 0 Å². The number of nitrogens with zero attached hydrogens (tertiary/aromatic N) is 3. The molecule has 3 nitrogen and oxygen atoms in total. The molecule has 1 aromatic rings. The Bertz CT molecular complexity index is 425. The molecule has 2 rings (SSSR count). The van der Waals surface area contributed by atoms with Gasteiger partial charge in [-0.15, -0.1) is 0 Å². The molecule has 1 fully saturated rings. The van der Waals surface area contributed by atoms with Crippen molar-refractivity contribution in [3.8, 4) is 0 Å². The summed E-state index contributed by atoms with van der Waals surface area (Å²) in [5.41, 5.74) is 1.71. The first-order valence-electron chi connectivity index (χ1n) is 6.06. The van der Waals surface area contributed by atoms with Crippen LogP contribution in [0.4, 0.5) is 13.2 Å². The van der Waals surface area contributed by atoms with Gasteiger partial charge in [0, 0.05) is 7.05 Å². The first-order valence-corrected chi connectivity index (χ1v) is 6.06. The van der Waals surface area contributed by atoms with E-state index in [1.54, 1.807) is 11.7 Å². The molecule has 0 aliphatic carbocycles. The van der Waals surface area contributed by atoms with Gasteiger partial charge in [-0.25, -0.2) is 0 Å². The lowest BCUT2D eigenvalue weighted by atomic mass is 9.89. The molecule has 1 aliphatic rings. The molecular weight excluding hydrogens is 243 g/mol. The van der Waals surface area contributed by atoms with Gasteiger partial charge in [0.25, 0.3) is 0 Å². The highest BCUT2D eigenvalue weighted by molar-refractivity contribution is 5.14. The number of hydrogen-bond acceptors (Lipinski definition) is 2. The summed E-state index contributed by atoms with van der Waals surface area (Å²) < 4.78 is 40.2. The lowest BCUT2D eigenvalue weighted by Crippen LogP contribution is -2.39. The van der Waals surface area contributed by atoms with E-state index >= 15 is 0 Å². The predicted molar refractivity (Wildman–Crippen MR) is 62.1 cm³/mol. The van der Waals surface area contributed by atoms with Gasteiger partial charge in [-0.05, 0) is 39.4 Å². The van der Waals surface area contributed by atoms with E-state index in [0.717, 1.165) is 11.4 Å². The Morgan fingerprint density at radius 2 is 2.00 bits per heavy atom. The van der Waals surface area contributed by atoms with E-state index in [0.29, 0.717) is 6.54 Å². The summed E-state index contributed by atoms with van der Waals surface area (Å²) in [5, 5.41) is 4.22. The maximum absolute atomic E-state index is 12.8. The molecule has 18 heavy (non-hydrogen) atoms. The number of aryl methyl sites for hydroxylation is 2. The van der Waals surface area contributed by atoms with E-state index in [9.17, 15) is 13.2 Å². The van der Waals surface area contributed by atoms with E-state index in [2.05, 4.69) is 5.10 Å². The lowest BCUT2D eigenvalue weighted by Gasteiger charge is -2.37. The molecule has 102 valence electrons. The minimum absolute atomic E-state index is 0.124. The largest absolute Gasteiger partial charge is 0.391 e. The average Bonchev–Trinajstić information content (AvgIpc) is 2.56. The van der Waals surface area contributed by atoms with Crippen molar-refractivity contribution in [1.82, 2.24) is 14.7 Å². The van der Waals surface area contributed by atoms with Crippen molar-refractivity contribution in [1.29, 1.82) is 0 Å². The van der Waals surface area contributed by atoms with E-state index in [1.807, 2.05) is 24.9 Å².